The summed E-state index contributed by atoms with van der Waals surface area (Å²) in [4.78, 5) is 17.8. The number of nitrogens with one attached hydrogen (secondary N) is 1. The van der Waals surface area contributed by atoms with Gasteiger partial charge in [-0.3, -0.25) is 5.32 Å². The minimum Gasteiger partial charge on any atom is -0.439 e. The van der Waals surface area contributed by atoms with Gasteiger partial charge in [0.1, 0.15) is 5.75 Å². The minimum atomic E-state index is -4.44. The molecule has 3 aromatic rings. The number of likely N-dealkylation sites (tertiary alicyclic amines) is 1. The minimum absolute atomic E-state index is 0.0789. The van der Waals surface area contributed by atoms with Crippen molar-refractivity contribution in [1.82, 2.24) is 20.1 Å². The Bertz CT molecular complexity index is 1120. The van der Waals surface area contributed by atoms with Crippen LogP contribution in [0.5, 0.6) is 11.6 Å². The zero-order chi connectivity index (χ0) is 23.3. The summed E-state index contributed by atoms with van der Waals surface area (Å²) in [6.07, 6.45) is 1.32. The van der Waals surface area contributed by atoms with Crippen LogP contribution in [-0.4, -0.2) is 39.2 Å². The van der Waals surface area contributed by atoms with Gasteiger partial charge in [0, 0.05) is 31.5 Å². The number of hydrogen-bond acceptors (Lipinski definition) is 5. The fraction of sp³-hybridized carbons (Fsp3) is 0.217. The van der Waals surface area contributed by atoms with Crippen LogP contribution in [0, 0.1) is 0 Å². The third kappa shape index (κ3) is 6.06. The number of piperidine rings is 1. The Kier molecular flexibility index (Phi) is 6.53. The maximum absolute atomic E-state index is 12.7. The van der Waals surface area contributed by atoms with Gasteiger partial charge >= 0.3 is 12.2 Å². The number of halogens is 3. The summed E-state index contributed by atoms with van der Waals surface area (Å²) in [5.74, 6) is 0.954. The van der Waals surface area contributed by atoms with Crippen molar-refractivity contribution in [2.45, 2.75) is 19.0 Å². The molecule has 1 aliphatic rings. The molecule has 4 rings (SSSR count). The van der Waals surface area contributed by atoms with Crippen molar-refractivity contribution < 1.29 is 22.7 Å². The van der Waals surface area contributed by atoms with Gasteiger partial charge in [0.05, 0.1) is 5.56 Å². The molecule has 0 radical (unpaired) electrons. The second kappa shape index (κ2) is 9.68. The highest BCUT2D eigenvalue weighted by molar-refractivity contribution is 5.88. The number of nitrogens with zero attached hydrogens (tertiary/aromatic N) is 4. The van der Waals surface area contributed by atoms with E-state index in [1.54, 1.807) is 35.2 Å². The molecule has 0 saturated carbocycles. The van der Waals surface area contributed by atoms with E-state index in [1.165, 1.54) is 17.8 Å². The molecule has 1 saturated heterocycles. The fourth-order valence-electron chi connectivity index (χ4n) is 3.33. The van der Waals surface area contributed by atoms with E-state index in [0.29, 0.717) is 24.7 Å². The molecule has 33 heavy (non-hydrogen) atoms. The number of aromatic nitrogens is 3. The Morgan fingerprint density at radius 2 is 1.91 bits per heavy atom. The number of urea groups is 1. The molecule has 3 heterocycles. The van der Waals surface area contributed by atoms with Gasteiger partial charge in [-0.05, 0) is 48.7 Å². The van der Waals surface area contributed by atoms with Crippen molar-refractivity contribution in [2.24, 2.45) is 0 Å². The molecule has 0 atom stereocenters. The SMILES string of the molecule is O=[11C](Nc1cccnn1)N1CCC(=Cc2cccc(Oc3ccc(C(F)(F)F)cn3)c2)CC1. The summed E-state index contributed by atoms with van der Waals surface area (Å²) in [5, 5.41) is 10.3. The molecule has 10 heteroatoms. The summed E-state index contributed by atoms with van der Waals surface area (Å²) in [7, 11) is 0. The van der Waals surface area contributed by atoms with Crippen LogP contribution < -0.4 is 10.1 Å². The van der Waals surface area contributed by atoms with Gasteiger partial charge in [0.15, 0.2) is 5.82 Å². The first-order valence-corrected chi connectivity index (χ1v) is 10.2. The lowest BCUT2D eigenvalue weighted by molar-refractivity contribution is -0.137. The summed E-state index contributed by atoms with van der Waals surface area (Å²) < 4.78 is 43.6. The molecule has 1 fully saturated rings. The van der Waals surface area contributed by atoms with Crippen LogP contribution in [0.25, 0.3) is 6.08 Å². The number of pyridine rings is 1. The molecule has 1 N–H and O–H groups in total. The number of carbonyl (C=O) groups is 1. The number of benzene rings is 1. The molecule has 0 bridgehead atoms. The normalized spacial score (nSPS) is 14.0. The largest absolute Gasteiger partial charge is 0.439 e. The zero-order valence-electron chi connectivity index (χ0n) is 17.4. The van der Waals surface area contributed by atoms with E-state index in [2.05, 4.69) is 20.5 Å². The molecular weight excluding hydrogens is 434 g/mol. The van der Waals surface area contributed by atoms with E-state index in [1.807, 2.05) is 12.1 Å². The lowest BCUT2D eigenvalue weighted by atomic mass is 9.97. The number of anilines is 1. The van der Waals surface area contributed by atoms with Crippen LogP contribution in [0.2, 0.25) is 0 Å². The highest BCUT2D eigenvalue weighted by Crippen LogP contribution is 2.30. The van der Waals surface area contributed by atoms with Crippen LogP contribution in [0.4, 0.5) is 23.8 Å². The molecule has 2 amide bonds. The van der Waals surface area contributed by atoms with E-state index >= 15 is 0 Å². The first-order valence-electron chi connectivity index (χ1n) is 10.2. The van der Waals surface area contributed by atoms with E-state index in [-0.39, 0.29) is 11.9 Å². The quantitative estimate of drug-likeness (QED) is 0.572. The Balaban J connectivity index is 1.34. The number of hydrogen-bond donors (Lipinski definition) is 1. The monoisotopic (exact) mass is 454 g/mol. The maximum atomic E-state index is 12.7. The predicted octanol–water partition coefficient (Wildman–Crippen LogP) is 5.39. The lowest BCUT2D eigenvalue weighted by Gasteiger charge is -2.28. The first kappa shape index (κ1) is 22.3. The highest BCUT2D eigenvalue weighted by atomic mass is 19.4. The molecule has 7 nitrogen and oxygen atoms in total. The Morgan fingerprint density at radius 1 is 1.09 bits per heavy atom. The average molecular weight is 454 g/mol. The third-order valence-corrected chi connectivity index (χ3v) is 5.02. The molecule has 0 unspecified atom stereocenters. The van der Waals surface area contributed by atoms with Crippen LogP contribution in [0.3, 0.4) is 0 Å². The molecule has 2 aromatic heterocycles. The summed E-state index contributed by atoms with van der Waals surface area (Å²) in [5.41, 5.74) is 1.25. The molecular formula is C23H20F3N5O2. The second-order valence-electron chi connectivity index (χ2n) is 7.39. The van der Waals surface area contributed by atoms with Crippen molar-refractivity contribution in [1.29, 1.82) is 0 Å². The summed E-state index contributed by atoms with van der Waals surface area (Å²) in [6, 6.07) is 12.5. The van der Waals surface area contributed by atoms with Crippen molar-refractivity contribution in [3.63, 3.8) is 0 Å². The number of ether oxygens (including phenoxy) is 1. The van der Waals surface area contributed by atoms with E-state index in [9.17, 15) is 18.0 Å². The fourth-order valence-corrected chi connectivity index (χ4v) is 3.33. The maximum Gasteiger partial charge on any atom is 0.417 e. The van der Waals surface area contributed by atoms with Gasteiger partial charge in [-0.2, -0.15) is 18.3 Å². The molecule has 0 aliphatic carbocycles. The number of carbonyl (C=O) groups excluding carboxylic acids is 1. The van der Waals surface area contributed by atoms with Gasteiger partial charge in [0.2, 0.25) is 5.88 Å². The zero-order valence-corrected chi connectivity index (χ0v) is 17.4. The van der Waals surface area contributed by atoms with Gasteiger partial charge in [0.25, 0.3) is 0 Å². The van der Waals surface area contributed by atoms with Crippen LogP contribution in [0.15, 0.2) is 66.5 Å². The van der Waals surface area contributed by atoms with Crippen LogP contribution in [0.1, 0.15) is 24.0 Å². The van der Waals surface area contributed by atoms with Crippen LogP contribution in [-0.2, 0) is 6.18 Å². The average Bonchev–Trinajstić information content (AvgIpc) is 2.80. The van der Waals surface area contributed by atoms with Crippen molar-refractivity contribution in [2.75, 3.05) is 18.4 Å². The molecule has 1 aliphatic heterocycles. The molecule has 1 aromatic carbocycles. The van der Waals surface area contributed by atoms with E-state index < -0.39 is 11.7 Å². The summed E-state index contributed by atoms with van der Waals surface area (Å²) >= 11 is 0. The second-order valence-corrected chi connectivity index (χ2v) is 7.39. The Hall–Kier alpha value is -3.95. The Morgan fingerprint density at radius 3 is 2.58 bits per heavy atom. The van der Waals surface area contributed by atoms with E-state index in [4.69, 9.17) is 4.74 Å². The molecule has 0 spiro atoms. The number of rotatable bonds is 4. The van der Waals surface area contributed by atoms with Gasteiger partial charge in [-0.1, -0.05) is 23.8 Å². The van der Waals surface area contributed by atoms with Crippen molar-refractivity contribution >= 4 is 17.9 Å². The Labute approximate surface area is 187 Å². The van der Waals surface area contributed by atoms with Crippen molar-refractivity contribution in [3.05, 3.63) is 77.6 Å². The predicted molar refractivity (Wildman–Crippen MR) is 116 cm³/mol. The number of alkyl halides is 3. The lowest BCUT2D eigenvalue weighted by Crippen LogP contribution is -2.39. The topological polar surface area (TPSA) is 80.2 Å². The first-order chi connectivity index (χ1) is 15.9. The summed E-state index contributed by atoms with van der Waals surface area (Å²) in [6.45, 7) is 1.15. The van der Waals surface area contributed by atoms with Crippen LogP contribution >= 0.6 is 0 Å². The van der Waals surface area contributed by atoms with Crippen molar-refractivity contribution in [3.8, 4) is 11.6 Å². The molecule has 170 valence electrons. The smallest absolute Gasteiger partial charge is 0.417 e. The van der Waals surface area contributed by atoms with E-state index in [0.717, 1.165) is 30.7 Å². The van der Waals surface area contributed by atoms with Gasteiger partial charge in [-0.15, -0.1) is 5.10 Å². The third-order valence-electron chi connectivity index (χ3n) is 5.02. The van der Waals surface area contributed by atoms with Gasteiger partial charge < -0.3 is 9.64 Å². The standard InChI is InChI=1S/C23H20F3N5O2/c24-23(25,26)18-6-7-21(27-15-18)33-19-4-1-3-17(14-19)13-16-8-11-31(12-9-16)22(32)29-20-5-2-10-28-30-20/h1-7,10,13-15H,8-9,11-12H2,(H,29,30,32)/i22-1. The highest BCUT2D eigenvalue weighted by Gasteiger charge is 2.30. The number of amides is 2. The van der Waals surface area contributed by atoms with Gasteiger partial charge in [-0.25, -0.2) is 9.78 Å².